The van der Waals surface area contributed by atoms with E-state index in [0.717, 1.165) is 88.8 Å². The van der Waals surface area contributed by atoms with Gasteiger partial charge in [0.25, 0.3) is 0 Å². The van der Waals surface area contributed by atoms with Crippen LogP contribution in [0.3, 0.4) is 0 Å². The number of piperidine rings is 2. The SMILES string of the molecule is CN1CCC[C@](CCCc2cnccn2)(C(=O)N2CCC(Cc3ccc4ncccc4c3)CC2)C1. The van der Waals surface area contributed by atoms with Gasteiger partial charge in [-0.15, -0.1) is 0 Å². The van der Waals surface area contributed by atoms with E-state index in [-0.39, 0.29) is 5.41 Å². The minimum absolute atomic E-state index is 0.257. The predicted octanol–water partition coefficient (Wildman–Crippen LogP) is 4.54. The van der Waals surface area contributed by atoms with Gasteiger partial charge < -0.3 is 9.80 Å². The summed E-state index contributed by atoms with van der Waals surface area (Å²) in [4.78, 5) is 31.5. The maximum absolute atomic E-state index is 13.9. The number of hydrogen-bond acceptors (Lipinski definition) is 5. The van der Waals surface area contributed by atoms with Crippen LogP contribution < -0.4 is 0 Å². The molecule has 2 aromatic heterocycles. The van der Waals surface area contributed by atoms with Crippen molar-refractivity contribution < 1.29 is 4.79 Å². The number of likely N-dealkylation sites (tertiary alicyclic amines) is 2. The summed E-state index contributed by atoms with van der Waals surface area (Å²) >= 11 is 0. The number of nitrogens with zero attached hydrogens (tertiary/aromatic N) is 5. The molecule has 1 atom stereocenters. The van der Waals surface area contributed by atoms with Gasteiger partial charge >= 0.3 is 0 Å². The number of aryl methyl sites for hydroxylation is 1. The van der Waals surface area contributed by atoms with Crippen molar-refractivity contribution in [3.63, 3.8) is 0 Å². The van der Waals surface area contributed by atoms with E-state index >= 15 is 0 Å². The van der Waals surface area contributed by atoms with Crippen LogP contribution in [0, 0.1) is 11.3 Å². The molecule has 5 rings (SSSR count). The lowest BCUT2D eigenvalue weighted by atomic mass is 9.74. The topological polar surface area (TPSA) is 62.2 Å². The van der Waals surface area contributed by atoms with Gasteiger partial charge in [0.05, 0.1) is 16.6 Å². The molecule has 0 spiro atoms. The monoisotopic (exact) mass is 471 g/mol. The zero-order chi connectivity index (χ0) is 24.1. The number of rotatable bonds is 7. The van der Waals surface area contributed by atoms with Crippen molar-refractivity contribution in [1.82, 2.24) is 24.8 Å². The van der Waals surface area contributed by atoms with E-state index in [0.29, 0.717) is 11.8 Å². The van der Waals surface area contributed by atoms with Gasteiger partial charge in [-0.25, -0.2) is 0 Å². The third-order valence-electron chi connectivity index (χ3n) is 8.02. The van der Waals surface area contributed by atoms with Gasteiger partial charge in [-0.1, -0.05) is 12.1 Å². The molecule has 6 heteroatoms. The van der Waals surface area contributed by atoms with Crippen LogP contribution >= 0.6 is 0 Å². The number of carbonyl (C=O) groups is 1. The fourth-order valence-electron chi connectivity index (χ4n) is 6.18. The van der Waals surface area contributed by atoms with E-state index in [1.165, 1.54) is 10.9 Å². The lowest BCUT2D eigenvalue weighted by Crippen LogP contribution is -2.54. The lowest BCUT2D eigenvalue weighted by Gasteiger charge is -2.45. The first-order chi connectivity index (χ1) is 17.1. The summed E-state index contributed by atoms with van der Waals surface area (Å²) in [6.07, 6.45) is 15.3. The Labute approximate surface area is 208 Å². The average Bonchev–Trinajstić information content (AvgIpc) is 2.89. The highest BCUT2D eigenvalue weighted by molar-refractivity contribution is 5.83. The quantitative estimate of drug-likeness (QED) is 0.506. The van der Waals surface area contributed by atoms with Crippen LogP contribution in [-0.4, -0.2) is 63.9 Å². The van der Waals surface area contributed by atoms with Crippen molar-refractivity contribution in [2.75, 3.05) is 33.2 Å². The summed E-state index contributed by atoms with van der Waals surface area (Å²) < 4.78 is 0. The van der Waals surface area contributed by atoms with Crippen LogP contribution in [0.25, 0.3) is 10.9 Å². The normalized spacial score (nSPS) is 21.9. The molecule has 1 amide bonds. The van der Waals surface area contributed by atoms with Gasteiger partial charge in [-0.05, 0) is 94.6 Å². The van der Waals surface area contributed by atoms with Crippen molar-refractivity contribution in [3.8, 4) is 0 Å². The Morgan fingerprint density at radius 2 is 1.97 bits per heavy atom. The lowest BCUT2D eigenvalue weighted by molar-refractivity contribution is -0.147. The van der Waals surface area contributed by atoms with E-state index in [4.69, 9.17) is 0 Å². The van der Waals surface area contributed by atoms with Gasteiger partial charge in [0, 0.05) is 49.8 Å². The van der Waals surface area contributed by atoms with Crippen molar-refractivity contribution in [3.05, 3.63) is 66.4 Å². The van der Waals surface area contributed by atoms with Crippen LogP contribution in [0.1, 0.15) is 49.8 Å². The summed E-state index contributed by atoms with van der Waals surface area (Å²) in [6, 6.07) is 10.8. The first-order valence-electron chi connectivity index (χ1n) is 13.2. The first kappa shape index (κ1) is 23.9. The molecule has 0 bridgehead atoms. The number of pyridine rings is 1. The predicted molar refractivity (Wildman–Crippen MR) is 139 cm³/mol. The highest BCUT2D eigenvalue weighted by Gasteiger charge is 2.43. The zero-order valence-corrected chi connectivity index (χ0v) is 20.9. The van der Waals surface area contributed by atoms with Crippen LogP contribution in [0.5, 0.6) is 0 Å². The molecule has 2 fully saturated rings. The van der Waals surface area contributed by atoms with Gasteiger partial charge in [0.15, 0.2) is 0 Å². The largest absolute Gasteiger partial charge is 0.342 e. The second-order valence-corrected chi connectivity index (χ2v) is 10.6. The first-order valence-corrected chi connectivity index (χ1v) is 13.2. The van der Waals surface area contributed by atoms with Crippen LogP contribution in [0.15, 0.2) is 55.1 Å². The Morgan fingerprint density at radius 1 is 1.09 bits per heavy atom. The standard InChI is InChI=1S/C29H37N5O/c1-33-16-4-12-29(22-33,11-2-6-26-21-30-14-15-31-26)28(35)34-17-9-23(10-18-34)19-24-7-8-27-25(20-24)5-3-13-32-27/h3,5,7-8,13-15,20-21,23H,2,4,6,9-12,16-19,22H2,1H3/t29-/m0/s1. The molecule has 0 radical (unpaired) electrons. The number of hydrogen-bond donors (Lipinski definition) is 0. The van der Waals surface area contributed by atoms with Gasteiger partial charge in [0.1, 0.15) is 0 Å². The van der Waals surface area contributed by atoms with E-state index < -0.39 is 0 Å². The fourth-order valence-corrected chi connectivity index (χ4v) is 6.18. The number of fused-ring (bicyclic) bond motifs is 1. The molecule has 184 valence electrons. The van der Waals surface area contributed by atoms with Crippen LogP contribution in [0.2, 0.25) is 0 Å². The van der Waals surface area contributed by atoms with Crippen molar-refractivity contribution in [1.29, 1.82) is 0 Å². The molecule has 0 saturated carbocycles. The molecule has 2 aliphatic rings. The average molecular weight is 472 g/mol. The molecule has 35 heavy (non-hydrogen) atoms. The van der Waals surface area contributed by atoms with Gasteiger partial charge in [-0.2, -0.15) is 0 Å². The molecule has 0 aliphatic carbocycles. The number of amides is 1. The van der Waals surface area contributed by atoms with Crippen LogP contribution in [-0.2, 0) is 17.6 Å². The third kappa shape index (κ3) is 5.69. The highest BCUT2D eigenvalue weighted by atomic mass is 16.2. The summed E-state index contributed by atoms with van der Waals surface area (Å²) in [5, 5.41) is 1.21. The molecule has 1 aromatic carbocycles. The molecular weight excluding hydrogens is 434 g/mol. The molecule has 2 aliphatic heterocycles. The molecular formula is C29H37N5O. The molecule has 3 aromatic rings. The summed E-state index contributed by atoms with van der Waals surface area (Å²) in [6.45, 7) is 3.72. The van der Waals surface area contributed by atoms with E-state index in [9.17, 15) is 4.79 Å². The Balaban J connectivity index is 1.19. The van der Waals surface area contributed by atoms with E-state index in [1.807, 2.05) is 18.5 Å². The highest BCUT2D eigenvalue weighted by Crippen LogP contribution is 2.38. The summed E-state index contributed by atoms with van der Waals surface area (Å²) in [5.74, 6) is 1.02. The Hall–Kier alpha value is -2.86. The van der Waals surface area contributed by atoms with Crippen molar-refractivity contribution >= 4 is 16.8 Å². The van der Waals surface area contributed by atoms with Crippen LogP contribution in [0.4, 0.5) is 0 Å². The second-order valence-electron chi connectivity index (χ2n) is 10.6. The summed E-state index contributed by atoms with van der Waals surface area (Å²) in [5.41, 5.74) is 3.20. The van der Waals surface area contributed by atoms with E-state index in [2.05, 4.69) is 56.1 Å². The maximum atomic E-state index is 13.9. The summed E-state index contributed by atoms with van der Waals surface area (Å²) in [7, 11) is 2.16. The minimum Gasteiger partial charge on any atom is -0.342 e. The van der Waals surface area contributed by atoms with Gasteiger partial charge in [-0.3, -0.25) is 19.7 Å². The van der Waals surface area contributed by atoms with Gasteiger partial charge in [0.2, 0.25) is 5.91 Å². The van der Waals surface area contributed by atoms with Crippen molar-refractivity contribution in [2.24, 2.45) is 11.3 Å². The minimum atomic E-state index is -0.257. The Bertz CT molecular complexity index is 1130. The molecule has 0 N–H and O–H groups in total. The molecule has 2 saturated heterocycles. The Kier molecular flexibility index (Phi) is 7.37. The smallest absolute Gasteiger partial charge is 0.230 e. The number of benzene rings is 1. The molecule has 0 unspecified atom stereocenters. The second kappa shape index (κ2) is 10.8. The molecule has 4 heterocycles. The van der Waals surface area contributed by atoms with E-state index in [1.54, 1.807) is 12.4 Å². The fraction of sp³-hybridized carbons (Fsp3) is 0.517. The molecule has 6 nitrogen and oxygen atoms in total. The zero-order valence-electron chi connectivity index (χ0n) is 20.9. The maximum Gasteiger partial charge on any atom is 0.230 e. The van der Waals surface area contributed by atoms with Crippen molar-refractivity contribution in [2.45, 2.75) is 51.4 Å². The number of carbonyl (C=O) groups excluding carboxylic acids is 1. The third-order valence-corrected chi connectivity index (χ3v) is 8.02. The number of aromatic nitrogens is 3. The Morgan fingerprint density at radius 3 is 2.77 bits per heavy atom.